The van der Waals surface area contributed by atoms with Crippen LogP contribution < -0.4 is 30.7 Å². The van der Waals surface area contributed by atoms with Gasteiger partial charge in [-0.1, -0.05) is 19.9 Å². The van der Waals surface area contributed by atoms with Crippen LogP contribution in [-0.2, 0) is 52.5 Å². The van der Waals surface area contributed by atoms with E-state index in [1.165, 1.54) is 0 Å². The van der Waals surface area contributed by atoms with Gasteiger partial charge in [0.15, 0.2) is 5.69 Å². The van der Waals surface area contributed by atoms with Crippen molar-refractivity contribution in [3.05, 3.63) is 53.7 Å². The quantitative estimate of drug-likeness (QED) is 0.0253. The molecule has 26 heteroatoms. The lowest BCUT2D eigenvalue weighted by Crippen LogP contribution is -2.70. The lowest BCUT2D eigenvalue weighted by Gasteiger charge is -2.59. The number of anilines is 1. The second kappa shape index (κ2) is 36.6. The summed E-state index contributed by atoms with van der Waals surface area (Å²) < 4.78 is 41.8. The van der Waals surface area contributed by atoms with Gasteiger partial charge < -0.3 is 64.4 Å². The topological polar surface area (TPSA) is 286 Å². The fourth-order valence-corrected chi connectivity index (χ4v) is 14.2. The van der Waals surface area contributed by atoms with Crippen LogP contribution in [0.3, 0.4) is 0 Å². The van der Waals surface area contributed by atoms with Crippen LogP contribution in [-0.4, -0.2) is 262 Å². The number of aliphatic carboxylic acids is 1. The Morgan fingerprint density at radius 1 is 0.606 bits per heavy atom. The molecule has 1 aliphatic heterocycles. The third-order valence-corrected chi connectivity index (χ3v) is 18.5. The van der Waals surface area contributed by atoms with Gasteiger partial charge in [0.1, 0.15) is 40.4 Å². The number of benzene rings is 2. The average molecular weight is 1390 g/mol. The Balaban J connectivity index is 0.815. The summed E-state index contributed by atoms with van der Waals surface area (Å²) in [5, 5.41) is 28.4. The van der Waals surface area contributed by atoms with Gasteiger partial charge in [0.05, 0.1) is 77.2 Å². The number of nitrogens with one attached hydrogen (secondary N) is 4. The van der Waals surface area contributed by atoms with Crippen molar-refractivity contribution in [2.45, 2.75) is 149 Å². The number of carbonyl (C=O) groups is 7. The summed E-state index contributed by atoms with van der Waals surface area (Å²) in [6.45, 7) is 27.7. The number of hydrogen-bond donors (Lipinski definition) is 5. The number of carbonyl (C=O) groups excluding carboxylic acids is 6. The van der Waals surface area contributed by atoms with E-state index in [9.17, 15) is 38.7 Å². The highest BCUT2D eigenvalue weighted by molar-refractivity contribution is 5.98. The Bertz CT molecular complexity index is 3080. The number of aromatic nitrogens is 2. The molecular formula is C73H115N11O15. The van der Waals surface area contributed by atoms with E-state index in [1.807, 2.05) is 112 Å². The van der Waals surface area contributed by atoms with E-state index >= 15 is 0 Å². The van der Waals surface area contributed by atoms with Gasteiger partial charge >= 0.3 is 23.9 Å². The molecule has 4 saturated carbocycles. The van der Waals surface area contributed by atoms with E-state index in [0.29, 0.717) is 100 Å². The first-order valence-electron chi connectivity index (χ1n) is 35.5. The molecule has 0 spiro atoms. The number of amides is 3. The summed E-state index contributed by atoms with van der Waals surface area (Å²) in [6, 6.07) is 13.3. The lowest BCUT2D eigenvalue weighted by molar-refractivity contribution is -0.163. The lowest BCUT2D eigenvalue weighted by atomic mass is 9.48. The number of methoxy groups -OCH3 is 2. The maximum absolute atomic E-state index is 14.5. The molecule has 2 aromatic carbocycles. The predicted molar refractivity (Wildman–Crippen MR) is 377 cm³/mol. The van der Waals surface area contributed by atoms with E-state index in [2.05, 4.69) is 53.1 Å². The number of ether oxygens (including phenoxy) is 7. The van der Waals surface area contributed by atoms with Gasteiger partial charge in [-0.25, -0.2) is 9.48 Å². The number of esters is 3. The van der Waals surface area contributed by atoms with Crippen molar-refractivity contribution in [2.75, 3.05) is 164 Å². The van der Waals surface area contributed by atoms with E-state index < -0.39 is 34.2 Å². The smallest absolute Gasteiger partial charge is 0.330 e. The van der Waals surface area contributed by atoms with Crippen molar-refractivity contribution in [1.29, 1.82) is 0 Å². The van der Waals surface area contributed by atoms with Gasteiger partial charge in [-0.2, -0.15) is 5.10 Å². The fourth-order valence-electron chi connectivity index (χ4n) is 14.2. The fraction of sp³-hybridized carbons (Fsp3) is 0.699. The molecule has 0 atom stereocenters. The first kappa shape index (κ1) is 79.4. The third-order valence-electron chi connectivity index (χ3n) is 18.5. The number of carboxylic acid groups (broad SMARTS) is 1. The summed E-state index contributed by atoms with van der Waals surface area (Å²) in [5.41, 5.74) is 0.594. The molecular weight excluding hydrogens is 1270 g/mol. The Hall–Kier alpha value is -6.94. The van der Waals surface area contributed by atoms with E-state index in [1.54, 1.807) is 25.0 Å². The molecule has 5 aliphatic rings. The number of rotatable bonds is 33. The Morgan fingerprint density at radius 3 is 1.56 bits per heavy atom. The van der Waals surface area contributed by atoms with Crippen molar-refractivity contribution >= 4 is 47.3 Å². The zero-order valence-corrected chi connectivity index (χ0v) is 61.5. The molecule has 5 N–H and O–H groups in total. The normalized spacial score (nSPS) is 20.6. The minimum absolute atomic E-state index is 0.0209. The second-order valence-electron chi connectivity index (χ2n) is 30.4. The minimum atomic E-state index is -1.34. The molecule has 2 heterocycles. The second-order valence-corrected chi connectivity index (χ2v) is 30.4. The molecule has 0 radical (unpaired) electrons. The summed E-state index contributed by atoms with van der Waals surface area (Å²) in [6.07, 6.45) is 6.00. The summed E-state index contributed by atoms with van der Waals surface area (Å²) in [7, 11) is 5.22. The van der Waals surface area contributed by atoms with Gasteiger partial charge in [0.2, 0.25) is 11.8 Å². The van der Waals surface area contributed by atoms with Gasteiger partial charge in [0.25, 0.3) is 5.91 Å². The Kier molecular flexibility index (Phi) is 29.3. The molecule has 0 unspecified atom stereocenters. The molecule has 3 aromatic rings. The standard InChI is InChI=1S/C73H115N11O15/c1-50(2)56-43-55(20-21-58(56)84-59(67-60(93-13)18-15-19-61(67)94-14)44-57(78-84)68(90)77-73(69(91)92)53-39-51-38-52(41-53)42-54(73)40-51)74-22-16-25-79(12)26-17-23-75-63(86)49-96-37-36-95-35-24-76-62(85)45-80-27-29-81(46-64(87)97-70(3,4)5)31-33-83(48-66(89)99-72(9,10)11)34-32-82(30-28-80)47-65(88)98-71(6,7)8/h15,18-21,43-44,50-54,74H,16-17,22-42,45-49H2,1-14H3,(H,75,86)(H,76,85)(H,77,90)(H,91,92). The molecule has 4 aliphatic carbocycles. The van der Waals surface area contributed by atoms with E-state index in [-0.39, 0.29) is 112 Å². The predicted octanol–water partition coefficient (Wildman–Crippen LogP) is 6.33. The molecule has 1 saturated heterocycles. The largest absolute Gasteiger partial charge is 0.496 e. The molecule has 1 aromatic heterocycles. The van der Waals surface area contributed by atoms with Crippen molar-refractivity contribution < 1.29 is 71.8 Å². The van der Waals surface area contributed by atoms with E-state index in [4.69, 9.17) is 38.3 Å². The molecule has 5 fully saturated rings. The molecule has 8 rings (SSSR count). The van der Waals surface area contributed by atoms with Crippen LogP contribution in [0.2, 0.25) is 0 Å². The van der Waals surface area contributed by atoms with Crippen LogP contribution >= 0.6 is 0 Å². The van der Waals surface area contributed by atoms with Crippen LogP contribution in [0.4, 0.5) is 5.69 Å². The van der Waals surface area contributed by atoms with Gasteiger partial charge in [-0.05, 0) is 199 Å². The molecule has 3 amide bonds. The number of hydrogen-bond acceptors (Lipinski definition) is 21. The third kappa shape index (κ3) is 24.7. The van der Waals surface area contributed by atoms with Crippen molar-refractivity contribution in [3.63, 3.8) is 0 Å². The number of nitrogens with zero attached hydrogens (tertiary/aromatic N) is 7. The van der Waals surface area contributed by atoms with Crippen LogP contribution in [0, 0.1) is 23.7 Å². The van der Waals surface area contributed by atoms with Crippen molar-refractivity contribution in [2.24, 2.45) is 23.7 Å². The highest BCUT2D eigenvalue weighted by Gasteiger charge is 2.62. The summed E-state index contributed by atoms with van der Waals surface area (Å²) in [5.74, 6) is -1.17. The Labute approximate surface area is 586 Å². The first-order chi connectivity index (χ1) is 46.8. The van der Waals surface area contributed by atoms with Gasteiger partial charge in [-0.3, -0.25) is 48.4 Å². The van der Waals surface area contributed by atoms with Crippen LogP contribution in [0.1, 0.15) is 143 Å². The maximum Gasteiger partial charge on any atom is 0.330 e. The first-order valence-corrected chi connectivity index (χ1v) is 35.5. The van der Waals surface area contributed by atoms with Crippen LogP contribution in [0.15, 0.2) is 42.5 Å². The highest BCUT2D eigenvalue weighted by Crippen LogP contribution is 2.58. The monoisotopic (exact) mass is 1390 g/mol. The Morgan fingerprint density at radius 2 is 1.08 bits per heavy atom. The van der Waals surface area contributed by atoms with Gasteiger partial charge in [0, 0.05) is 77.7 Å². The van der Waals surface area contributed by atoms with Crippen LogP contribution in [0.25, 0.3) is 16.9 Å². The van der Waals surface area contributed by atoms with Crippen molar-refractivity contribution in [3.8, 4) is 28.4 Å². The SMILES string of the molecule is COc1cccc(OC)c1-c1cc(C(=O)NC2(C(=O)O)C3CC4CC(C3)CC2C4)nn1-c1ccc(NCCCN(C)CCCNC(=O)COCCOCCNC(=O)CN2CCN(CC(=O)OC(C)(C)C)CCN(CC(=O)OC(C)(C)C)CCN(CC(=O)OC(C)(C)C)CC2)cc1C(C)C. The zero-order valence-electron chi connectivity index (χ0n) is 61.5. The molecule has 4 bridgehead atoms. The zero-order chi connectivity index (χ0) is 72.2. The number of carboxylic acids is 1. The van der Waals surface area contributed by atoms with Crippen LogP contribution in [0.5, 0.6) is 11.5 Å². The highest BCUT2D eigenvalue weighted by atomic mass is 16.6. The van der Waals surface area contributed by atoms with Crippen molar-refractivity contribution in [1.82, 2.24) is 50.2 Å². The average Bonchev–Trinajstić information content (AvgIpc) is 0.792. The molecule has 26 nitrogen and oxygen atoms in total. The summed E-state index contributed by atoms with van der Waals surface area (Å²) >= 11 is 0. The van der Waals surface area contributed by atoms with E-state index in [0.717, 1.165) is 75.0 Å². The van der Waals surface area contributed by atoms with Gasteiger partial charge in [-0.15, -0.1) is 0 Å². The summed E-state index contributed by atoms with van der Waals surface area (Å²) in [4.78, 5) is 103. The maximum atomic E-state index is 14.5. The molecule has 99 heavy (non-hydrogen) atoms. The molecule has 552 valence electrons. The minimum Gasteiger partial charge on any atom is -0.496 e.